The number of hydrogen-bond acceptors (Lipinski definition) is 16. The van der Waals surface area contributed by atoms with E-state index in [0.29, 0.717) is 52.5 Å². The minimum absolute atomic E-state index is 0.0408. The van der Waals surface area contributed by atoms with Gasteiger partial charge in [0.25, 0.3) is 6.29 Å². The third-order valence-corrected chi connectivity index (χ3v) is 20.5. The first-order valence-corrected chi connectivity index (χ1v) is 41.5. The second-order valence-corrected chi connectivity index (χ2v) is 31.6. The molecule has 5 aromatic carbocycles. The van der Waals surface area contributed by atoms with Crippen molar-refractivity contribution in [3.05, 3.63) is 241 Å². The lowest BCUT2D eigenvalue weighted by Gasteiger charge is -2.32. The normalized spacial score (nSPS) is 14.7. The van der Waals surface area contributed by atoms with Crippen LogP contribution in [0.2, 0.25) is 0 Å². The Morgan fingerprint density at radius 1 is 0.353 bits per heavy atom. The molecule has 16 nitrogen and oxygen atoms in total. The number of aryl methyl sites for hydroxylation is 1. The van der Waals surface area contributed by atoms with Crippen molar-refractivity contribution < 1.29 is 76.3 Å². The van der Waals surface area contributed by atoms with Crippen LogP contribution < -0.4 is 0 Å². The van der Waals surface area contributed by atoms with Crippen LogP contribution in [0.4, 0.5) is 0 Å². The van der Waals surface area contributed by atoms with Crippen LogP contribution in [0.3, 0.4) is 0 Å². The summed E-state index contributed by atoms with van der Waals surface area (Å²) in [5.74, 6) is -1.40. The number of unbranched alkanes of at least 4 members (excludes halogenated alkanes) is 7. The van der Waals surface area contributed by atoms with Crippen molar-refractivity contribution in [1.29, 1.82) is 0 Å². The molecule has 0 aromatic heterocycles. The molecule has 0 unspecified atom stereocenters. The molecule has 0 amide bonds. The zero-order chi connectivity index (χ0) is 85.8. The topological polar surface area (TPSA) is 210 Å². The largest absolute Gasteiger partial charge is 0.462 e. The van der Waals surface area contributed by atoms with E-state index in [1.54, 1.807) is 67.5 Å². The molecule has 0 atom stereocenters. The summed E-state index contributed by atoms with van der Waals surface area (Å²) >= 11 is 0. The van der Waals surface area contributed by atoms with Crippen LogP contribution in [0.25, 0.3) is 33.4 Å². The molecule has 2 aliphatic rings. The molecule has 0 heterocycles. The highest BCUT2D eigenvalue weighted by Crippen LogP contribution is 2.39. The molecule has 0 bridgehead atoms. The smallest absolute Gasteiger partial charge is 0.336 e. The number of benzene rings is 5. The highest BCUT2D eigenvalue weighted by molar-refractivity contribution is 5.91. The van der Waals surface area contributed by atoms with Gasteiger partial charge in [0.2, 0.25) is 6.29 Å². The molecule has 2 fully saturated rings. The van der Waals surface area contributed by atoms with Gasteiger partial charge in [-0.3, -0.25) is 0 Å². The third kappa shape index (κ3) is 37.2. The van der Waals surface area contributed by atoms with Gasteiger partial charge in [-0.15, -0.1) is 0 Å². The van der Waals surface area contributed by atoms with Gasteiger partial charge in [-0.05, 0) is 193 Å². The molecule has 0 aliphatic heterocycles. The molecule has 0 saturated heterocycles. The van der Waals surface area contributed by atoms with E-state index in [2.05, 4.69) is 177 Å². The van der Waals surface area contributed by atoms with Crippen LogP contribution in [-0.2, 0) is 89.1 Å². The highest BCUT2D eigenvalue weighted by Gasteiger charge is 2.30. The second kappa shape index (κ2) is 53.1. The van der Waals surface area contributed by atoms with E-state index in [0.717, 1.165) is 78.2 Å². The van der Waals surface area contributed by atoms with E-state index in [4.69, 9.17) is 37.9 Å². The Morgan fingerprint density at radius 3 is 1.07 bits per heavy atom. The molecule has 5 aromatic rings. The Morgan fingerprint density at radius 2 is 0.690 bits per heavy atom. The standard InChI is InChI=1S/C34H38O4.C30H36O4.C18H28O4.C18H30O4/c1-6-7-8-26-9-13-29(14-10-26)31-17-19-32(20-18-31)30-15-11-27(12-16-30)21-28(22-37-33(35)24(2)3)23-38-34(36)25(4)5;1-6-7-22-8-10-23(11-9-22)24-12-14-25(15-13-24)26-16-18-27(19-17-26)30(33-28(31)20(2)3)34-29(32)21(4)5;1-12(2)17(19)21-10-16(11-22-18(20)13(3)4)15-8-6-14(5)7-9-15;1-6-7-8-9-10-11-12-13-16(21-17(19)14(2)3)22-18(20)15(4)5/h9-20,28H,2,4,6-8,21-23H2,1,3,5H3;12-19,22-23,30H,2,4,6-11H2,1,3,5H3;14-16H,1,3,6-11H2,2,4-5H3;16H,2,4,6-13H2,1,3,5H3. The van der Waals surface area contributed by atoms with Gasteiger partial charge in [0.15, 0.2) is 0 Å². The molecule has 116 heavy (non-hydrogen) atoms. The van der Waals surface area contributed by atoms with E-state index in [9.17, 15) is 38.4 Å². The first-order chi connectivity index (χ1) is 55.2. The second-order valence-electron chi connectivity index (χ2n) is 31.6. The average molecular weight is 1590 g/mol. The van der Waals surface area contributed by atoms with Crippen molar-refractivity contribution in [3.63, 3.8) is 0 Å². The van der Waals surface area contributed by atoms with Crippen LogP contribution in [0.15, 0.2) is 219 Å². The fourth-order valence-electron chi connectivity index (χ4n) is 13.1. The molecular formula is C100H132O16. The van der Waals surface area contributed by atoms with Crippen LogP contribution in [-0.4, -0.2) is 80.5 Å². The molecule has 628 valence electrons. The van der Waals surface area contributed by atoms with E-state index in [1.165, 1.54) is 112 Å². The zero-order valence-electron chi connectivity index (χ0n) is 71.7. The number of ether oxygens (including phenoxy) is 8. The fraction of sp³-hybridized carbons (Fsp3) is 0.460. The van der Waals surface area contributed by atoms with E-state index < -0.39 is 48.4 Å². The molecule has 7 rings (SSSR count). The van der Waals surface area contributed by atoms with Gasteiger partial charge in [0.05, 0.1) is 26.4 Å². The Bertz CT molecular complexity index is 3930. The van der Waals surface area contributed by atoms with Gasteiger partial charge in [0, 0.05) is 68.4 Å². The predicted molar refractivity (Wildman–Crippen MR) is 465 cm³/mol. The van der Waals surface area contributed by atoms with Crippen LogP contribution in [0.5, 0.6) is 0 Å². The van der Waals surface area contributed by atoms with Crippen LogP contribution in [0.1, 0.15) is 246 Å². The van der Waals surface area contributed by atoms with Gasteiger partial charge < -0.3 is 37.9 Å². The Kier molecular flexibility index (Phi) is 44.9. The highest BCUT2D eigenvalue weighted by atomic mass is 16.7. The molecule has 0 N–H and O–H groups in total. The van der Waals surface area contributed by atoms with Crippen molar-refractivity contribution in [2.45, 2.75) is 243 Å². The maximum atomic E-state index is 12.0. The van der Waals surface area contributed by atoms with Crippen molar-refractivity contribution in [2.24, 2.45) is 29.6 Å². The molecule has 2 saturated carbocycles. The van der Waals surface area contributed by atoms with Gasteiger partial charge in [0.1, 0.15) is 0 Å². The SMILES string of the molecule is C=C(C)C(=O)OC(CCCCCCCCC)OC(=O)C(=C)C.C=C(C)C(=O)OC(OC(=O)C(=C)C)c1ccc(-c2ccc(C3CCC(CCC)CC3)cc2)cc1.C=C(C)C(=O)OCC(COC(=O)C(=C)C)C1CCC(C)CC1.C=C(C)C(=O)OCC(COC(=O)C(=C)C)Cc1ccc(-c2ccc(-c3ccc(CCCC)cc3)cc2)cc1. The summed E-state index contributed by atoms with van der Waals surface area (Å²) in [6.45, 7) is 51.1. The lowest BCUT2D eigenvalue weighted by molar-refractivity contribution is -0.185. The minimum Gasteiger partial charge on any atom is -0.462 e. The van der Waals surface area contributed by atoms with Crippen LogP contribution in [0, 0.1) is 29.6 Å². The predicted octanol–water partition coefficient (Wildman–Crippen LogP) is 23.8. The van der Waals surface area contributed by atoms with Gasteiger partial charge in [-0.25, -0.2) is 38.4 Å². The van der Waals surface area contributed by atoms with E-state index in [1.807, 2.05) is 12.1 Å². The number of hydrogen-bond donors (Lipinski definition) is 0. The Balaban J connectivity index is 0.000000335. The molecule has 0 spiro atoms. The summed E-state index contributed by atoms with van der Waals surface area (Å²) < 4.78 is 42.3. The van der Waals surface area contributed by atoms with Gasteiger partial charge >= 0.3 is 47.8 Å². The third-order valence-electron chi connectivity index (χ3n) is 20.5. The lowest BCUT2D eigenvalue weighted by Crippen LogP contribution is -2.30. The monoisotopic (exact) mass is 1590 g/mol. The molecule has 2 aliphatic carbocycles. The van der Waals surface area contributed by atoms with Gasteiger partial charge in [-0.1, -0.05) is 272 Å². The summed E-state index contributed by atoms with van der Waals surface area (Å²) in [7, 11) is 0. The van der Waals surface area contributed by atoms with Crippen molar-refractivity contribution >= 4 is 47.8 Å². The van der Waals surface area contributed by atoms with Crippen LogP contribution >= 0.6 is 0 Å². The molecule has 0 radical (unpaired) electrons. The number of carbonyl (C=O) groups excluding carboxylic acids is 8. The summed E-state index contributed by atoms with van der Waals surface area (Å²) in [5.41, 5.74) is 13.7. The van der Waals surface area contributed by atoms with Crippen molar-refractivity contribution in [1.82, 2.24) is 0 Å². The summed E-state index contributed by atoms with van der Waals surface area (Å²) in [4.78, 5) is 94.2. The molecular weight excluding hydrogens is 1460 g/mol. The zero-order valence-corrected chi connectivity index (χ0v) is 71.7. The maximum Gasteiger partial charge on any atom is 0.336 e. The van der Waals surface area contributed by atoms with E-state index in [-0.39, 0.29) is 72.5 Å². The number of esters is 8. The van der Waals surface area contributed by atoms with Crippen molar-refractivity contribution in [2.75, 3.05) is 26.4 Å². The fourth-order valence-corrected chi connectivity index (χ4v) is 13.1. The summed E-state index contributed by atoms with van der Waals surface area (Å²) in [5, 5.41) is 0. The van der Waals surface area contributed by atoms with E-state index >= 15 is 0 Å². The average Bonchev–Trinajstić information content (AvgIpc) is 0.829. The maximum absolute atomic E-state index is 12.0. The lowest BCUT2D eigenvalue weighted by atomic mass is 9.77. The van der Waals surface area contributed by atoms with Gasteiger partial charge in [-0.2, -0.15) is 0 Å². The summed E-state index contributed by atoms with van der Waals surface area (Å²) in [6, 6.07) is 42.1. The molecule has 16 heteroatoms. The summed E-state index contributed by atoms with van der Waals surface area (Å²) in [6.07, 6.45) is 23.1. The first-order valence-electron chi connectivity index (χ1n) is 41.5. The first kappa shape index (κ1) is 98.1. The quantitative estimate of drug-likeness (QED) is 0.0117. The Hall–Kier alpha value is -10.2. The number of rotatable bonds is 41. The minimum atomic E-state index is -1.16. The Labute approximate surface area is 693 Å². The van der Waals surface area contributed by atoms with Crippen molar-refractivity contribution in [3.8, 4) is 33.4 Å². The number of carbonyl (C=O) groups is 8.